The van der Waals surface area contributed by atoms with Crippen molar-refractivity contribution in [1.82, 2.24) is 8.87 Å². The second-order valence-corrected chi connectivity index (χ2v) is 6.55. The van der Waals surface area contributed by atoms with Gasteiger partial charge in [0, 0.05) is 25.3 Å². The number of carboxylic acids is 1. The molecule has 0 aliphatic heterocycles. The zero-order valence-electron chi connectivity index (χ0n) is 11.9. The predicted molar refractivity (Wildman–Crippen MR) is 76.4 cm³/mol. The van der Waals surface area contributed by atoms with Crippen molar-refractivity contribution >= 4 is 16.0 Å². The molecule has 0 atom stereocenters. The number of hydrogen-bond acceptors (Lipinski definition) is 3. The molecule has 0 bridgehead atoms. The Balaban J connectivity index is 3.36. The van der Waals surface area contributed by atoms with Gasteiger partial charge in [0.05, 0.1) is 0 Å². The molecule has 0 radical (unpaired) electrons. The van der Waals surface area contributed by atoms with Crippen LogP contribution in [0.25, 0.3) is 0 Å². The van der Waals surface area contributed by atoms with Crippen LogP contribution in [0.1, 0.15) is 37.3 Å². The monoisotopic (exact) mass is 300 g/mol. The lowest BCUT2D eigenvalue weighted by Gasteiger charge is -2.17. The van der Waals surface area contributed by atoms with E-state index in [1.807, 2.05) is 0 Å². The van der Waals surface area contributed by atoms with E-state index in [0.717, 1.165) is 0 Å². The molecular formula is C13H20N2O4S. The van der Waals surface area contributed by atoms with Crippen molar-refractivity contribution in [3.05, 3.63) is 30.6 Å². The first-order valence-corrected chi connectivity index (χ1v) is 7.75. The molecule has 0 saturated heterocycles. The average molecular weight is 300 g/mol. The fourth-order valence-electron chi connectivity index (χ4n) is 1.88. The largest absolute Gasteiger partial charge is 0.477 e. The van der Waals surface area contributed by atoms with Crippen molar-refractivity contribution in [3.8, 4) is 0 Å². The fraction of sp³-hybridized carbons (Fsp3) is 0.462. The van der Waals surface area contributed by atoms with Crippen molar-refractivity contribution in [2.45, 2.75) is 31.7 Å². The topological polar surface area (TPSA) is 79.6 Å². The van der Waals surface area contributed by atoms with E-state index >= 15 is 0 Å². The Morgan fingerprint density at radius 3 is 2.50 bits per heavy atom. The van der Waals surface area contributed by atoms with Gasteiger partial charge < -0.3 is 9.67 Å². The van der Waals surface area contributed by atoms with Crippen molar-refractivity contribution in [1.29, 1.82) is 0 Å². The van der Waals surface area contributed by atoms with Crippen LogP contribution in [0.3, 0.4) is 0 Å². The normalized spacial score (nSPS) is 12.1. The van der Waals surface area contributed by atoms with Crippen molar-refractivity contribution in [2.75, 3.05) is 13.1 Å². The summed E-state index contributed by atoms with van der Waals surface area (Å²) in [6.45, 7) is 9.33. The van der Waals surface area contributed by atoms with E-state index in [0.29, 0.717) is 6.54 Å². The molecule has 0 saturated carbocycles. The fourth-order valence-corrected chi connectivity index (χ4v) is 3.33. The van der Waals surface area contributed by atoms with E-state index in [4.69, 9.17) is 5.11 Å². The third kappa shape index (κ3) is 3.10. The summed E-state index contributed by atoms with van der Waals surface area (Å²) in [5.74, 6) is -1.15. The summed E-state index contributed by atoms with van der Waals surface area (Å²) in [6.07, 6.45) is 2.87. The van der Waals surface area contributed by atoms with E-state index in [2.05, 4.69) is 6.58 Å². The summed E-state index contributed by atoms with van der Waals surface area (Å²) >= 11 is 0. The molecule has 1 N–H and O–H groups in total. The quantitative estimate of drug-likeness (QED) is 0.781. The summed E-state index contributed by atoms with van der Waals surface area (Å²) in [5.41, 5.74) is -0.0340. The molecule has 7 heteroatoms. The molecular weight excluding hydrogens is 280 g/mol. The minimum atomic E-state index is -3.70. The summed E-state index contributed by atoms with van der Waals surface area (Å²) in [7, 11) is -3.70. The van der Waals surface area contributed by atoms with Gasteiger partial charge in [-0.15, -0.1) is 6.58 Å². The molecule has 0 aliphatic carbocycles. The third-order valence-corrected chi connectivity index (χ3v) is 4.83. The minimum Gasteiger partial charge on any atom is -0.477 e. The van der Waals surface area contributed by atoms with Crippen LogP contribution in [0.2, 0.25) is 0 Å². The summed E-state index contributed by atoms with van der Waals surface area (Å²) < 4.78 is 27.6. The van der Waals surface area contributed by atoms with Gasteiger partial charge >= 0.3 is 5.97 Å². The van der Waals surface area contributed by atoms with Crippen LogP contribution in [-0.4, -0.2) is 41.5 Å². The number of carbonyl (C=O) groups is 1. The average Bonchev–Trinajstić information content (AvgIpc) is 2.81. The van der Waals surface area contributed by atoms with E-state index in [9.17, 15) is 13.2 Å². The number of carboxylic acid groups (broad SMARTS) is 1. The van der Waals surface area contributed by atoms with Crippen molar-refractivity contribution < 1.29 is 18.3 Å². The van der Waals surface area contributed by atoms with Gasteiger partial charge in [-0.25, -0.2) is 13.2 Å². The molecule has 1 aromatic heterocycles. The highest BCUT2D eigenvalue weighted by Crippen LogP contribution is 2.22. The first-order valence-electron chi connectivity index (χ1n) is 6.31. The van der Waals surface area contributed by atoms with Crippen LogP contribution in [0, 0.1) is 0 Å². The number of likely N-dealkylation sites (N-methyl/N-ethyl adjacent to an activating group) is 1. The molecule has 0 fully saturated rings. The second-order valence-electron chi connectivity index (χ2n) is 4.61. The summed E-state index contributed by atoms with van der Waals surface area (Å²) in [6, 6.07) is 1.06. The smallest absolute Gasteiger partial charge is 0.352 e. The zero-order valence-corrected chi connectivity index (χ0v) is 12.7. The number of rotatable bonds is 7. The summed E-state index contributed by atoms with van der Waals surface area (Å²) in [4.78, 5) is 11.2. The van der Waals surface area contributed by atoms with Gasteiger partial charge in [-0.05, 0) is 19.9 Å². The van der Waals surface area contributed by atoms with Gasteiger partial charge in [-0.2, -0.15) is 4.31 Å². The minimum absolute atomic E-state index is 0.00713. The van der Waals surface area contributed by atoms with Crippen molar-refractivity contribution in [3.63, 3.8) is 0 Å². The lowest BCUT2D eigenvalue weighted by molar-refractivity contribution is 0.0683. The number of aromatic carboxylic acids is 1. The highest BCUT2D eigenvalue weighted by Gasteiger charge is 2.26. The Morgan fingerprint density at radius 2 is 2.15 bits per heavy atom. The highest BCUT2D eigenvalue weighted by molar-refractivity contribution is 7.89. The van der Waals surface area contributed by atoms with Gasteiger partial charge in [0.2, 0.25) is 10.0 Å². The van der Waals surface area contributed by atoms with Crippen LogP contribution >= 0.6 is 0 Å². The maximum absolute atomic E-state index is 12.4. The Bertz CT molecular complexity index is 602. The first-order chi connectivity index (χ1) is 9.25. The van der Waals surface area contributed by atoms with Gasteiger partial charge in [0.1, 0.15) is 10.6 Å². The van der Waals surface area contributed by atoms with Crippen molar-refractivity contribution in [2.24, 2.45) is 0 Å². The second kappa shape index (κ2) is 6.23. The Kier molecular flexibility index (Phi) is 5.13. The predicted octanol–water partition coefficient (Wildman–Crippen LogP) is 1.96. The maximum Gasteiger partial charge on any atom is 0.352 e. The number of nitrogens with zero attached hydrogens (tertiary/aromatic N) is 2. The molecule has 20 heavy (non-hydrogen) atoms. The molecule has 1 heterocycles. The van der Waals surface area contributed by atoms with Gasteiger partial charge in [0.25, 0.3) is 0 Å². The maximum atomic E-state index is 12.4. The number of aromatic nitrogens is 1. The SMILES string of the molecule is C=CCN(CC)S(=O)(=O)c1cc(C(=O)O)n(C(C)C)c1. The molecule has 0 spiro atoms. The van der Waals surface area contributed by atoms with Gasteiger partial charge in [-0.1, -0.05) is 13.0 Å². The van der Waals surface area contributed by atoms with Crippen LogP contribution in [-0.2, 0) is 10.0 Å². The standard InChI is InChI=1S/C13H20N2O4S/c1-5-7-14(6-2)20(18,19)11-8-12(13(16)17)15(9-11)10(3)4/h5,8-10H,1,6-7H2,2-4H3,(H,16,17). The lowest BCUT2D eigenvalue weighted by atomic mass is 10.3. The molecule has 6 nitrogen and oxygen atoms in total. The molecule has 0 amide bonds. The molecule has 1 aromatic rings. The van der Waals surface area contributed by atoms with E-state index in [1.165, 1.54) is 27.2 Å². The van der Waals surface area contributed by atoms with Crippen LogP contribution in [0.15, 0.2) is 29.8 Å². The zero-order chi connectivity index (χ0) is 15.5. The number of hydrogen-bond donors (Lipinski definition) is 1. The Hall–Kier alpha value is -1.60. The van der Waals surface area contributed by atoms with E-state index < -0.39 is 16.0 Å². The summed E-state index contributed by atoms with van der Waals surface area (Å²) in [5, 5.41) is 9.15. The van der Waals surface area contributed by atoms with Gasteiger partial charge in [-0.3, -0.25) is 0 Å². The Labute approximate surface area is 119 Å². The van der Waals surface area contributed by atoms with Gasteiger partial charge in [0.15, 0.2) is 0 Å². The molecule has 0 aliphatic rings. The Morgan fingerprint density at radius 1 is 1.55 bits per heavy atom. The molecule has 0 aromatic carbocycles. The molecule has 1 rings (SSSR count). The van der Waals surface area contributed by atoms with Crippen LogP contribution in [0.5, 0.6) is 0 Å². The lowest BCUT2D eigenvalue weighted by Crippen LogP contribution is -2.30. The van der Waals surface area contributed by atoms with E-state index in [-0.39, 0.29) is 23.2 Å². The van der Waals surface area contributed by atoms with E-state index in [1.54, 1.807) is 20.8 Å². The molecule has 112 valence electrons. The number of sulfonamides is 1. The highest BCUT2D eigenvalue weighted by atomic mass is 32.2. The molecule has 0 unspecified atom stereocenters. The van der Waals surface area contributed by atoms with Crippen LogP contribution in [0.4, 0.5) is 0 Å². The van der Waals surface area contributed by atoms with Crippen LogP contribution < -0.4 is 0 Å². The first kappa shape index (κ1) is 16.5. The third-order valence-electron chi connectivity index (χ3n) is 2.92.